The third kappa shape index (κ3) is 4.76. The predicted octanol–water partition coefficient (Wildman–Crippen LogP) is 2.81. The Labute approximate surface area is 183 Å². The summed E-state index contributed by atoms with van der Waals surface area (Å²) in [6.07, 6.45) is 0. The molecular weight excluding hydrogens is 442 g/mol. The van der Waals surface area contributed by atoms with Crippen molar-refractivity contribution in [1.29, 1.82) is 0 Å². The van der Waals surface area contributed by atoms with E-state index < -0.39 is 10.0 Å². The summed E-state index contributed by atoms with van der Waals surface area (Å²) in [5, 5.41) is 13.1. The second-order valence-electron chi connectivity index (χ2n) is 6.40. The summed E-state index contributed by atoms with van der Waals surface area (Å²) in [4.78, 5) is 0.0898. The number of sulfonamides is 1. The highest BCUT2D eigenvalue weighted by Crippen LogP contribution is 2.23. The largest absolute Gasteiger partial charge is 0.497 e. The van der Waals surface area contributed by atoms with Gasteiger partial charge in [-0.1, -0.05) is 29.8 Å². The van der Waals surface area contributed by atoms with Crippen LogP contribution in [0.1, 0.15) is 0 Å². The SMILES string of the molecule is COc1cccc(-c2nnc3ccc(OCCNS(=O)(=O)c4cccc(Cl)c4)nn23)c1. The van der Waals surface area contributed by atoms with E-state index >= 15 is 0 Å². The van der Waals surface area contributed by atoms with Crippen LogP contribution in [0.3, 0.4) is 0 Å². The van der Waals surface area contributed by atoms with Gasteiger partial charge in [-0.2, -0.15) is 4.52 Å². The highest BCUT2D eigenvalue weighted by atomic mass is 35.5. The van der Waals surface area contributed by atoms with Crippen LogP contribution in [0, 0.1) is 0 Å². The number of hydrogen-bond acceptors (Lipinski definition) is 7. The molecule has 0 atom stereocenters. The van der Waals surface area contributed by atoms with Gasteiger partial charge in [-0.05, 0) is 36.4 Å². The quantitative estimate of drug-likeness (QED) is 0.403. The molecule has 0 unspecified atom stereocenters. The van der Waals surface area contributed by atoms with Crippen LogP contribution in [0.25, 0.3) is 17.0 Å². The van der Waals surface area contributed by atoms with Gasteiger partial charge in [-0.25, -0.2) is 13.1 Å². The van der Waals surface area contributed by atoms with Gasteiger partial charge >= 0.3 is 0 Å². The lowest BCUT2D eigenvalue weighted by Gasteiger charge is -2.09. The molecule has 0 saturated heterocycles. The molecule has 9 nitrogen and oxygen atoms in total. The van der Waals surface area contributed by atoms with E-state index in [1.165, 1.54) is 12.1 Å². The molecule has 0 saturated carbocycles. The van der Waals surface area contributed by atoms with Crippen LogP contribution in [0.15, 0.2) is 65.6 Å². The third-order valence-corrected chi connectivity index (χ3v) is 6.01. The summed E-state index contributed by atoms with van der Waals surface area (Å²) in [5.74, 6) is 1.52. The van der Waals surface area contributed by atoms with Crippen molar-refractivity contribution in [3.05, 3.63) is 65.7 Å². The maximum atomic E-state index is 12.3. The molecule has 4 rings (SSSR count). The molecule has 0 aliphatic carbocycles. The van der Waals surface area contributed by atoms with Crippen molar-refractivity contribution in [2.45, 2.75) is 4.90 Å². The van der Waals surface area contributed by atoms with Crippen LogP contribution in [0.2, 0.25) is 5.02 Å². The average Bonchev–Trinajstić information content (AvgIpc) is 3.20. The fourth-order valence-electron chi connectivity index (χ4n) is 2.84. The number of benzene rings is 2. The van der Waals surface area contributed by atoms with Gasteiger partial charge < -0.3 is 9.47 Å². The summed E-state index contributed by atoms with van der Waals surface area (Å²) in [5.41, 5.74) is 1.33. The minimum Gasteiger partial charge on any atom is -0.497 e. The number of methoxy groups -OCH3 is 1. The van der Waals surface area contributed by atoms with Crippen molar-refractivity contribution in [2.75, 3.05) is 20.3 Å². The number of rotatable bonds is 8. The van der Waals surface area contributed by atoms with E-state index in [9.17, 15) is 8.42 Å². The Kier molecular flexibility index (Phi) is 6.03. The van der Waals surface area contributed by atoms with E-state index in [-0.39, 0.29) is 18.0 Å². The lowest BCUT2D eigenvalue weighted by Crippen LogP contribution is -2.28. The van der Waals surface area contributed by atoms with E-state index in [1.807, 2.05) is 24.3 Å². The zero-order chi connectivity index (χ0) is 21.8. The normalized spacial score (nSPS) is 11.5. The van der Waals surface area contributed by atoms with Crippen LogP contribution >= 0.6 is 11.6 Å². The maximum absolute atomic E-state index is 12.3. The molecule has 11 heteroatoms. The summed E-state index contributed by atoms with van der Waals surface area (Å²) >= 11 is 5.86. The van der Waals surface area contributed by atoms with Crippen LogP contribution in [-0.4, -0.2) is 48.5 Å². The van der Waals surface area contributed by atoms with Crippen molar-refractivity contribution >= 4 is 27.3 Å². The Hall–Kier alpha value is -3.21. The van der Waals surface area contributed by atoms with E-state index in [4.69, 9.17) is 21.1 Å². The Bertz CT molecular complexity index is 1330. The molecule has 2 aromatic carbocycles. The van der Waals surface area contributed by atoms with Gasteiger partial charge in [0, 0.05) is 23.2 Å². The molecule has 31 heavy (non-hydrogen) atoms. The number of halogens is 1. The first-order valence-electron chi connectivity index (χ1n) is 9.21. The van der Waals surface area contributed by atoms with Crippen LogP contribution in [-0.2, 0) is 10.0 Å². The van der Waals surface area contributed by atoms with Gasteiger partial charge in [0.2, 0.25) is 15.9 Å². The summed E-state index contributed by atoms with van der Waals surface area (Å²) in [7, 11) is -2.10. The maximum Gasteiger partial charge on any atom is 0.240 e. The Morgan fingerprint density at radius 3 is 2.71 bits per heavy atom. The molecule has 160 valence electrons. The van der Waals surface area contributed by atoms with Gasteiger partial charge in [0.25, 0.3) is 0 Å². The molecule has 2 heterocycles. The minimum atomic E-state index is -3.68. The number of hydrogen-bond donors (Lipinski definition) is 1. The van der Waals surface area contributed by atoms with Gasteiger partial charge in [-0.3, -0.25) is 0 Å². The Balaban J connectivity index is 1.44. The first-order valence-corrected chi connectivity index (χ1v) is 11.1. The van der Waals surface area contributed by atoms with Crippen molar-refractivity contribution in [1.82, 2.24) is 24.5 Å². The zero-order valence-corrected chi connectivity index (χ0v) is 18.0. The molecule has 4 aromatic rings. The van der Waals surface area contributed by atoms with Crippen LogP contribution in [0.5, 0.6) is 11.6 Å². The van der Waals surface area contributed by atoms with Crippen molar-refractivity contribution in [3.8, 4) is 23.0 Å². The third-order valence-electron chi connectivity index (χ3n) is 4.32. The van der Waals surface area contributed by atoms with Crippen molar-refractivity contribution < 1.29 is 17.9 Å². The smallest absolute Gasteiger partial charge is 0.240 e. The molecule has 0 amide bonds. The number of fused-ring (bicyclic) bond motifs is 1. The fraction of sp³-hybridized carbons (Fsp3) is 0.150. The van der Waals surface area contributed by atoms with E-state index in [2.05, 4.69) is 20.0 Å². The first kappa shape index (κ1) is 21.0. The van der Waals surface area contributed by atoms with E-state index in [0.717, 1.165) is 5.56 Å². The molecular formula is C20H18ClN5O4S. The van der Waals surface area contributed by atoms with Crippen LogP contribution < -0.4 is 14.2 Å². The number of nitrogens with one attached hydrogen (secondary N) is 1. The molecule has 0 bridgehead atoms. The Morgan fingerprint density at radius 2 is 1.90 bits per heavy atom. The Morgan fingerprint density at radius 1 is 1.06 bits per heavy atom. The summed E-state index contributed by atoms with van der Waals surface area (Å²) in [6, 6.07) is 16.8. The molecule has 0 aliphatic heterocycles. The van der Waals surface area contributed by atoms with E-state index in [0.29, 0.717) is 28.1 Å². The van der Waals surface area contributed by atoms with Gasteiger partial charge in [0.05, 0.1) is 12.0 Å². The molecule has 0 spiro atoms. The second-order valence-corrected chi connectivity index (χ2v) is 8.60. The molecule has 2 aromatic heterocycles. The van der Waals surface area contributed by atoms with Gasteiger partial charge in [0.1, 0.15) is 12.4 Å². The standard InChI is InChI=1S/C20H18ClN5O4S/c1-29-16-6-2-4-14(12-16)20-24-23-18-8-9-19(25-26(18)20)30-11-10-22-31(27,28)17-7-3-5-15(21)13-17/h2-9,12-13,22H,10-11H2,1H3. The zero-order valence-electron chi connectivity index (χ0n) is 16.4. The number of aromatic nitrogens is 4. The van der Waals surface area contributed by atoms with Crippen molar-refractivity contribution in [2.24, 2.45) is 0 Å². The highest BCUT2D eigenvalue weighted by Gasteiger charge is 2.14. The van der Waals surface area contributed by atoms with Gasteiger partial charge in [0.15, 0.2) is 11.5 Å². The topological polar surface area (TPSA) is 108 Å². The highest BCUT2D eigenvalue weighted by molar-refractivity contribution is 7.89. The monoisotopic (exact) mass is 459 g/mol. The lowest BCUT2D eigenvalue weighted by atomic mass is 10.2. The lowest BCUT2D eigenvalue weighted by molar-refractivity contribution is 0.306. The average molecular weight is 460 g/mol. The van der Waals surface area contributed by atoms with E-state index in [1.54, 1.807) is 35.9 Å². The van der Waals surface area contributed by atoms with Crippen LogP contribution in [0.4, 0.5) is 0 Å². The molecule has 1 N–H and O–H groups in total. The molecule has 0 radical (unpaired) electrons. The number of nitrogens with zero attached hydrogens (tertiary/aromatic N) is 4. The number of ether oxygens (including phenoxy) is 2. The second kappa shape index (κ2) is 8.88. The fourth-order valence-corrected chi connectivity index (χ4v) is 4.15. The minimum absolute atomic E-state index is 0.0550. The summed E-state index contributed by atoms with van der Waals surface area (Å²) < 4.78 is 39.5. The molecule has 0 fully saturated rings. The van der Waals surface area contributed by atoms with Gasteiger partial charge in [-0.15, -0.1) is 15.3 Å². The van der Waals surface area contributed by atoms with Crippen molar-refractivity contribution in [3.63, 3.8) is 0 Å². The first-order chi connectivity index (χ1) is 15.0. The summed E-state index contributed by atoms with van der Waals surface area (Å²) in [6.45, 7) is 0.133. The molecule has 0 aliphatic rings. The predicted molar refractivity (Wildman–Crippen MR) is 115 cm³/mol.